The van der Waals surface area contributed by atoms with Gasteiger partial charge in [0.2, 0.25) is 0 Å². The van der Waals surface area contributed by atoms with Crippen LogP contribution in [0.5, 0.6) is 17.2 Å². The number of β-amino-alcohol motifs (C(OH)–C–C–N with tert-alkyl or cyclic N) is 1. The van der Waals surface area contributed by atoms with E-state index in [-0.39, 0.29) is 41.8 Å². The van der Waals surface area contributed by atoms with Gasteiger partial charge >= 0.3 is 0 Å². The van der Waals surface area contributed by atoms with Crippen molar-refractivity contribution in [3.63, 3.8) is 0 Å². The van der Waals surface area contributed by atoms with E-state index in [1.165, 1.54) is 12.4 Å². The van der Waals surface area contributed by atoms with E-state index in [1.807, 2.05) is 38.1 Å². The van der Waals surface area contributed by atoms with Gasteiger partial charge in [-0.2, -0.15) is 5.11 Å². The first kappa shape index (κ1) is 23.7. The lowest BCUT2D eigenvalue weighted by Crippen LogP contribution is -2.42. The molecule has 2 aliphatic rings. The second-order valence-corrected chi connectivity index (χ2v) is 9.00. The molecule has 0 spiro atoms. The van der Waals surface area contributed by atoms with E-state index < -0.39 is 11.8 Å². The number of fused-ring (bicyclic) bond motifs is 1. The van der Waals surface area contributed by atoms with Crippen molar-refractivity contribution in [3.05, 3.63) is 47.5 Å². The fourth-order valence-electron chi connectivity index (χ4n) is 4.02. The molecule has 0 bridgehead atoms. The van der Waals surface area contributed by atoms with Gasteiger partial charge in [0, 0.05) is 29.6 Å². The Kier molecular flexibility index (Phi) is 6.54. The highest BCUT2D eigenvalue weighted by Gasteiger charge is 2.36. The summed E-state index contributed by atoms with van der Waals surface area (Å²) in [4.78, 5) is 16.2. The van der Waals surface area contributed by atoms with E-state index in [0.717, 1.165) is 11.3 Å². The number of nitrogens with one attached hydrogen (secondary N) is 2. The van der Waals surface area contributed by atoms with Gasteiger partial charge in [0.25, 0.3) is 5.91 Å². The van der Waals surface area contributed by atoms with Crippen molar-refractivity contribution in [3.8, 4) is 17.2 Å². The Balaban J connectivity index is 1.41. The Morgan fingerprint density at radius 3 is 2.71 bits per heavy atom. The fourth-order valence-corrected chi connectivity index (χ4v) is 4.02. The number of carbonyl (C=O) groups excluding carboxylic acids is 1. The maximum atomic E-state index is 11.6. The summed E-state index contributed by atoms with van der Waals surface area (Å²) in [6, 6.07) is 10.7. The number of aliphatic hydroxyl groups excluding tert-OH is 1. The summed E-state index contributed by atoms with van der Waals surface area (Å²) in [7, 11) is 1.62. The fraction of sp³-hybridized carbons (Fsp3) is 0.417. The smallest absolute Gasteiger partial charge is 0.262 e. The largest absolute Gasteiger partial charge is 0.506 e. The van der Waals surface area contributed by atoms with Crippen LogP contribution in [0.25, 0.3) is 0 Å². The number of methoxy groups -OCH3 is 1. The minimum Gasteiger partial charge on any atom is -0.506 e. The Morgan fingerprint density at radius 2 is 2.03 bits per heavy atom. The second kappa shape index (κ2) is 9.40. The summed E-state index contributed by atoms with van der Waals surface area (Å²) in [6.45, 7) is 4.15. The standard InChI is InChI=1S/C24H29N5O5/c1-23(2,10-11-24(26-14-27-29-24)15-4-6-16(33-3)7-5-15)25-12-19(31)17-8-9-18(30)21-22(17)34-13-20(32)28-21/h4-9,14,19,25,30-31H,10-13H2,1-3H3,(H,28,32). The quantitative estimate of drug-likeness (QED) is 0.418. The highest BCUT2D eigenvalue weighted by Crippen LogP contribution is 2.42. The molecule has 4 rings (SSSR count). The highest BCUT2D eigenvalue weighted by atomic mass is 16.5. The van der Waals surface area contributed by atoms with Crippen LogP contribution >= 0.6 is 0 Å². The molecule has 2 unspecified atom stereocenters. The zero-order chi connectivity index (χ0) is 24.3. The van der Waals surface area contributed by atoms with Crippen LogP contribution in [0.2, 0.25) is 0 Å². The van der Waals surface area contributed by atoms with Gasteiger partial charge in [0.05, 0.1) is 13.2 Å². The van der Waals surface area contributed by atoms with Crippen LogP contribution in [0.15, 0.2) is 51.6 Å². The molecule has 180 valence electrons. The number of nitrogens with zero attached hydrogens (tertiary/aromatic N) is 3. The van der Waals surface area contributed by atoms with Crippen molar-refractivity contribution in [1.29, 1.82) is 0 Å². The molecular weight excluding hydrogens is 438 g/mol. The van der Waals surface area contributed by atoms with Crippen molar-refractivity contribution in [2.75, 3.05) is 25.6 Å². The van der Waals surface area contributed by atoms with Gasteiger partial charge < -0.3 is 30.3 Å². The third kappa shape index (κ3) is 4.87. The molecule has 2 aromatic carbocycles. The highest BCUT2D eigenvalue weighted by molar-refractivity contribution is 5.97. The molecule has 4 N–H and O–H groups in total. The van der Waals surface area contributed by atoms with Crippen molar-refractivity contribution in [2.45, 2.75) is 44.0 Å². The number of aliphatic imine (C=N–C) groups is 1. The molecule has 0 saturated heterocycles. The van der Waals surface area contributed by atoms with Gasteiger partial charge in [0.15, 0.2) is 18.0 Å². The van der Waals surface area contributed by atoms with Gasteiger partial charge in [-0.15, -0.1) is 5.11 Å². The number of phenols is 1. The van der Waals surface area contributed by atoms with Crippen molar-refractivity contribution < 1.29 is 24.5 Å². The number of carbonyl (C=O) groups is 1. The molecule has 0 aliphatic carbocycles. The van der Waals surface area contributed by atoms with E-state index in [4.69, 9.17) is 9.47 Å². The van der Waals surface area contributed by atoms with Crippen LogP contribution in [-0.4, -0.2) is 48.3 Å². The summed E-state index contributed by atoms with van der Waals surface area (Å²) in [6.07, 6.45) is 1.87. The average molecular weight is 468 g/mol. The molecule has 0 fully saturated rings. The Hall–Kier alpha value is -3.50. The van der Waals surface area contributed by atoms with Crippen LogP contribution in [0.3, 0.4) is 0 Å². The maximum Gasteiger partial charge on any atom is 0.262 e. The number of aromatic hydroxyl groups is 1. The summed E-state index contributed by atoms with van der Waals surface area (Å²) in [5, 5.41) is 35.3. The molecular formula is C24H29N5O5. The van der Waals surface area contributed by atoms with E-state index in [2.05, 4.69) is 25.9 Å². The maximum absolute atomic E-state index is 11.6. The number of ether oxygens (including phenoxy) is 2. The summed E-state index contributed by atoms with van der Waals surface area (Å²) in [5.74, 6) is 0.577. The SMILES string of the molecule is COc1ccc(C2(CCC(C)(C)NCC(O)c3ccc(O)c4c3OCC(=O)N4)N=CN=N2)cc1. The predicted octanol–water partition coefficient (Wildman–Crippen LogP) is 3.26. The summed E-state index contributed by atoms with van der Waals surface area (Å²) < 4.78 is 10.7. The molecule has 0 saturated carbocycles. The number of anilines is 1. The molecule has 2 aromatic rings. The molecule has 2 heterocycles. The number of aliphatic hydroxyl groups is 1. The van der Waals surface area contributed by atoms with Crippen LogP contribution in [0, 0.1) is 0 Å². The summed E-state index contributed by atoms with van der Waals surface area (Å²) in [5.41, 5.74) is 0.445. The van der Waals surface area contributed by atoms with Crippen LogP contribution in [0.4, 0.5) is 5.69 Å². The Morgan fingerprint density at radius 1 is 1.26 bits per heavy atom. The Bertz CT molecular complexity index is 1100. The summed E-state index contributed by atoms with van der Waals surface area (Å²) >= 11 is 0. The molecule has 10 heteroatoms. The number of benzene rings is 2. The van der Waals surface area contributed by atoms with Gasteiger partial charge in [-0.3, -0.25) is 4.79 Å². The van der Waals surface area contributed by atoms with E-state index in [0.29, 0.717) is 18.4 Å². The monoisotopic (exact) mass is 467 g/mol. The van der Waals surface area contributed by atoms with Crippen molar-refractivity contribution in [1.82, 2.24) is 5.32 Å². The minimum absolute atomic E-state index is 0.109. The number of amides is 1. The molecule has 2 atom stereocenters. The Labute approximate surface area is 197 Å². The molecule has 2 aliphatic heterocycles. The lowest BCUT2D eigenvalue weighted by atomic mass is 9.88. The van der Waals surface area contributed by atoms with Crippen LogP contribution < -0.4 is 20.1 Å². The third-order valence-corrected chi connectivity index (χ3v) is 6.11. The number of hydrogen-bond acceptors (Lipinski definition) is 9. The lowest BCUT2D eigenvalue weighted by molar-refractivity contribution is -0.118. The molecule has 10 nitrogen and oxygen atoms in total. The van der Waals surface area contributed by atoms with Crippen molar-refractivity contribution in [2.24, 2.45) is 15.2 Å². The zero-order valence-electron chi connectivity index (χ0n) is 19.4. The third-order valence-electron chi connectivity index (χ3n) is 6.11. The lowest BCUT2D eigenvalue weighted by Gasteiger charge is -2.32. The number of phenolic OH excluding ortho intramolecular Hbond substituents is 1. The van der Waals surface area contributed by atoms with Gasteiger partial charge in [-0.05, 0) is 44.5 Å². The first-order valence-corrected chi connectivity index (χ1v) is 11.0. The second-order valence-electron chi connectivity index (χ2n) is 9.00. The van der Waals surface area contributed by atoms with E-state index in [9.17, 15) is 15.0 Å². The number of hydrogen-bond donors (Lipinski definition) is 4. The molecule has 34 heavy (non-hydrogen) atoms. The van der Waals surface area contributed by atoms with E-state index in [1.54, 1.807) is 13.2 Å². The number of azo groups is 1. The first-order chi connectivity index (χ1) is 16.2. The molecule has 0 radical (unpaired) electrons. The topological polar surface area (TPSA) is 137 Å². The predicted molar refractivity (Wildman–Crippen MR) is 127 cm³/mol. The van der Waals surface area contributed by atoms with Crippen molar-refractivity contribution >= 4 is 17.9 Å². The van der Waals surface area contributed by atoms with Gasteiger partial charge in [-0.25, -0.2) is 4.99 Å². The normalized spacial score (nSPS) is 19.9. The molecule has 1 amide bonds. The van der Waals surface area contributed by atoms with Crippen LogP contribution in [-0.2, 0) is 10.5 Å². The average Bonchev–Trinajstić information content (AvgIpc) is 3.32. The minimum atomic E-state index is -0.914. The first-order valence-electron chi connectivity index (χ1n) is 11.0. The van der Waals surface area contributed by atoms with E-state index >= 15 is 0 Å². The van der Waals surface area contributed by atoms with Crippen LogP contribution in [0.1, 0.15) is 43.9 Å². The number of rotatable bonds is 9. The zero-order valence-corrected chi connectivity index (χ0v) is 19.4. The van der Waals surface area contributed by atoms with Gasteiger partial charge in [0.1, 0.15) is 23.5 Å². The molecule has 0 aromatic heterocycles. The van der Waals surface area contributed by atoms with Gasteiger partial charge in [-0.1, -0.05) is 12.1 Å².